The van der Waals surface area contributed by atoms with Gasteiger partial charge in [0.2, 0.25) is 0 Å². The Bertz CT molecular complexity index is 602. The number of methoxy groups -OCH3 is 1. The largest absolute Gasteiger partial charge is 0.474 e. The molecule has 1 saturated carbocycles. The van der Waals surface area contributed by atoms with Crippen LogP contribution in [0.15, 0.2) is 24.3 Å². The molecule has 0 heterocycles. The van der Waals surface area contributed by atoms with Gasteiger partial charge < -0.3 is 14.7 Å². The minimum atomic E-state index is -1.47. The summed E-state index contributed by atoms with van der Waals surface area (Å²) in [7, 11) is 2.87. The Morgan fingerprint density at radius 2 is 1.71 bits per heavy atom. The average molecular weight is 333 g/mol. The first-order valence-corrected chi connectivity index (χ1v) is 8.10. The maximum atomic E-state index is 11.5. The summed E-state index contributed by atoms with van der Waals surface area (Å²) in [4.78, 5) is 34.7. The number of likely N-dealkylation sites (N-methyl/N-ethyl adjacent to an activating group) is 1. The van der Waals surface area contributed by atoms with Crippen LogP contribution in [0.25, 0.3) is 0 Å². The number of carbonyl (C=O) groups excluding carboxylic acids is 2. The smallest absolute Gasteiger partial charge is 0.394 e. The number of carboxylic acids is 1. The fourth-order valence-corrected chi connectivity index (χ4v) is 3.25. The highest BCUT2D eigenvalue weighted by Gasteiger charge is 2.25. The number of amides is 1. The number of carbonyl (C=O) groups is 3. The number of rotatable bonds is 4. The lowest BCUT2D eigenvalue weighted by atomic mass is 9.77. The van der Waals surface area contributed by atoms with Crippen molar-refractivity contribution < 1.29 is 24.2 Å². The molecule has 1 aromatic rings. The summed E-state index contributed by atoms with van der Waals surface area (Å²) in [5, 5.41) is 8.75. The lowest BCUT2D eigenvalue weighted by molar-refractivity contribution is -0.148. The fraction of sp³-hybridized carbons (Fsp3) is 0.500. The third-order valence-electron chi connectivity index (χ3n) is 4.77. The minimum Gasteiger partial charge on any atom is -0.474 e. The molecule has 1 aromatic carbocycles. The van der Waals surface area contributed by atoms with E-state index in [-0.39, 0.29) is 5.97 Å². The fourth-order valence-electron chi connectivity index (χ4n) is 3.25. The van der Waals surface area contributed by atoms with Gasteiger partial charge in [0.1, 0.15) is 0 Å². The van der Waals surface area contributed by atoms with Crippen molar-refractivity contribution >= 4 is 23.5 Å². The van der Waals surface area contributed by atoms with E-state index in [2.05, 4.69) is 0 Å². The molecule has 6 heteroatoms. The molecule has 24 heavy (non-hydrogen) atoms. The van der Waals surface area contributed by atoms with Gasteiger partial charge >= 0.3 is 17.8 Å². The molecular weight excluding hydrogens is 310 g/mol. The minimum absolute atomic E-state index is 0.145. The summed E-state index contributed by atoms with van der Waals surface area (Å²) < 4.78 is 4.72. The Hall–Kier alpha value is -2.37. The lowest BCUT2D eigenvalue weighted by Crippen LogP contribution is -2.32. The predicted molar refractivity (Wildman–Crippen MR) is 88.8 cm³/mol. The summed E-state index contributed by atoms with van der Waals surface area (Å²) in [6, 6.07) is 7.45. The highest BCUT2D eigenvalue weighted by molar-refractivity contribution is 6.37. The zero-order valence-electron chi connectivity index (χ0n) is 14.0. The number of anilines is 1. The van der Waals surface area contributed by atoms with Crippen LogP contribution in [0.4, 0.5) is 5.69 Å². The van der Waals surface area contributed by atoms with Gasteiger partial charge in [-0.25, -0.2) is 4.79 Å². The van der Waals surface area contributed by atoms with E-state index in [0.29, 0.717) is 23.9 Å². The molecule has 1 fully saturated rings. The van der Waals surface area contributed by atoms with Crippen LogP contribution in [0, 0.1) is 5.92 Å². The van der Waals surface area contributed by atoms with Crippen molar-refractivity contribution in [2.75, 3.05) is 19.1 Å². The number of ether oxygens (including phenoxy) is 1. The maximum absolute atomic E-state index is 11.5. The molecule has 0 spiro atoms. The number of aliphatic carboxylic acids is 1. The normalized spacial score (nSPS) is 20.2. The molecule has 0 radical (unpaired) electrons. The van der Waals surface area contributed by atoms with Crippen molar-refractivity contribution in [3.8, 4) is 0 Å². The second-order valence-electron chi connectivity index (χ2n) is 6.26. The number of hydrogen-bond donors (Lipinski definition) is 1. The summed E-state index contributed by atoms with van der Waals surface area (Å²) in [6.07, 6.45) is 4.53. The van der Waals surface area contributed by atoms with Gasteiger partial charge in [-0.2, -0.15) is 0 Å². The summed E-state index contributed by atoms with van der Waals surface area (Å²) in [5.74, 6) is -1.73. The number of carboxylic acid groups (broad SMARTS) is 1. The van der Waals surface area contributed by atoms with E-state index < -0.39 is 11.9 Å². The van der Waals surface area contributed by atoms with Crippen LogP contribution in [0.2, 0.25) is 0 Å². The van der Waals surface area contributed by atoms with Crippen molar-refractivity contribution in [1.29, 1.82) is 0 Å². The van der Waals surface area contributed by atoms with Gasteiger partial charge in [0.15, 0.2) is 0 Å². The van der Waals surface area contributed by atoms with Crippen LogP contribution in [0.3, 0.4) is 0 Å². The quantitative estimate of drug-likeness (QED) is 0.676. The molecular formula is C18H23NO5. The number of nitrogens with zero attached hydrogens (tertiary/aromatic N) is 1. The third-order valence-corrected chi connectivity index (χ3v) is 4.77. The number of hydrogen-bond acceptors (Lipinski definition) is 4. The van der Waals surface area contributed by atoms with Crippen LogP contribution >= 0.6 is 0 Å². The molecule has 0 aromatic heterocycles. The van der Waals surface area contributed by atoms with E-state index in [1.165, 1.54) is 19.7 Å². The van der Waals surface area contributed by atoms with E-state index in [1.54, 1.807) is 12.1 Å². The monoisotopic (exact) mass is 333 g/mol. The molecule has 1 amide bonds. The van der Waals surface area contributed by atoms with Gasteiger partial charge in [-0.05, 0) is 55.2 Å². The first kappa shape index (κ1) is 18.0. The van der Waals surface area contributed by atoms with Crippen molar-refractivity contribution in [3.05, 3.63) is 29.8 Å². The Balaban J connectivity index is 1.94. The topological polar surface area (TPSA) is 83.9 Å². The van der Waals surface area contributed by atoms with E-state index in [0.717, 1.165) is 30.6 Å². The SMILES string of the molecule is COC(=O)CC1CCC(c2ccc(N(C)C(=O)C(=O)O)cc2)CC1. The highest BCUT2D eigenvalue weighted by atomic mass is 16.5. The summed E-state index contributed by atoms with van der Waals surface area (Å²) >= 11 is 0. The molecule has 0 atom stereocenters. The molecule has 1 aliphatic carbocycles. The summed E-state index contributed by atoms with van der Waals surface area (Å²) in [6.45, 7) is 0. The van der Waals surface area contributed by atoms with E-state index >= 15 is 0 Å². The van der Waals surface area contributed by atoms with Gasteiger partial charge in [-0.15, -0.1) is 0 Å². The highest BCUT2D eigenvalue weighted by Crippen LogP contribution is 2.37. The molecule has 1 aliphatic rings. The number of esters is 1. The van der Waals surface area contributed by atoms with Gasteiger partial charge in [0.05, 0.1) is 7.11 Å². The van der Waals surface area contributed by atoms with Crippen molar-refractivity contribution in [1.82, 2.24) is 0 Å². The molecule has 130 valence electrons. The zero-order valence-corrected chi connectivity index (χ0v) is 14.0. The van der Waals surface area contributed by atoms with Crippen molar-refractivity contribution in [2.24, 2.45) is 5.92 Å². The second-order valence-corrected chi connectivity index (χ2v) is 6.26. The molecule has 1 N–H and O–H groups in total. The lowest BCUT2D eigenvalue weighted by Gasteiger charge is -2.28. The average Bonchev–Trinajstić information content (AvgIpc) is 2.61. The Morgan fingerprint density at radius 3 is 2.21 bits per heavy atom. The van der Waals surface area contributed by atoms with Gasteiger partial charge in [0.25, 0.3) is 0 Å². The molecule has 0 aliphatic heterocycles. The van der Waals surface area contributed by atoms with Crippen LogP contribution < -0.4 is 4.90 Å². The van der Waals surface area contributed by atoms with E-state index in [1.807, 2.05) is 12.1 Å². The second kappa shape index (κ2) is 7.95. The van der Waals surface area contributed by atoms with Crippen molar-refractivity contribution in [3.63, 3.8) is 0 Å². The predicted octanol–water partition coefficient (Wildman–Crippen LogP) is 2.57. The Labute approximate surface area is 141 Å². The van der Waals surface area contributed by atoms with Crippen LogP contribution in [0.5, 0.6) is 0 Å². The molecule has 2 rings (SSSR count). The maximum Gasteiger partial charge on any atom is 0.394 e. The van der Waals surface area contributed by atoms with Gasteiger partial charge in [0, 0.05) is 19.2 Å². The van der Waals surface area contributed by atoms with Crippen LogP contribution in [-0.4, -0.2) is 37.1 Å². The Morgan fingerprint density at radius 1 is 1.12 bits per heavy atom. The van der Waals surface area contributed by atoms with Crippen LogP contribution in [0.1, 0.15) is 43.6 Å². The standard InChI is InChI=1S/C18H23NO5/c1-19(17(21)18(22)23)15-9-7-14(8-10-15)13-5-3-12(4-6-13)11-16(20)24-2/h7-10,12-13H,3-6,11H2,1-2H3,(H,22,23). The molecule has 0 bridgehead atoms. The molecule has 0 saturated heterocycles. The summed E-state index contributed by atoms with van der Waals surface area (Å²) in [5.41, 5.74) is 1.75. The number of benzene rings is 1. The first-order chi connectivity index (χ1) is 11.4. The van der Waals surface area contributed by atoms with Crippen molar-refractivity contribution in [2.45, 2.75) is 38.0 Å². The zero-order chi connectivity index (χ0) is 17.7. The Kier molecular flexibility index (Phi) is 5.95. The van der Waals surface area contributed by atoms with Crippen LogP contribution in [-0.2, 0) is 19.1 Å². The molecule has 6 nitrogen and oxygen atoms in total. The third kappa shape index (κ3) is 4.34. The first-order valence-electron chi connectivity index (χ1n) is 8.10. The van der Waals surface area contributed by atoms with Gasteiger partial charge in [-0.1, -0.05) is 12.1 Å². The van der Waals surface area contributed by atoms with E-state index in [4.69, 9.17) is 9.84 Å². The van der Waals surface area contributed by atoms with E-state index in [9.17, 15) is 14.4 Å². The van der Waals surface area contributed by atoms with Gasteiger partial charge in [-0.3, -0.25) is 9.59 Å². The molecule has 0 unspecified atom stereocenters.